The molecule has 0 saturated carbocycles. The Labute approximate surface area is 157 Å². The van der Waals surface area contributed by atoms with Gasteiger partial charge in [0, 0.05) is 6.04 Å². The first-order valence-corrected chi connectivity index (χ1v) is 8.96. The van der Waals surface area contributed by atoms with Gasteiger partial charge < -0.3 is 10.1 Å². The van der Waals surface area contributed by atoms with Gasteiger partial charge in [-0.1, -0.05) is 41.4 Å². The van der Waals surface area contributed by atoms with Gasteiger partial charge in [-0.3, -0.25) is 9.69 Å². The highest BCUT2D eigenvalue weighted by Gasteiger charge is 2.28. The zero-order chi connectivity index (χ0) is 17.8. The normalized spacial score (nSPS) is 17.5. The first kappa shape index (κ1) is 18.1. The van der Waals surface area contributed by atoms with Crippen LogP contribution in [0.1, 0.15) is 24.4 Å². The molecule has 2 aromatic carbocycles. The van der Waals surface area contributed by atoms with E-state index in [0.29, 0.717) is 22.3 Å². The van der Waals surface area contributed by atoms with Gasteiger partial charge in [0.25, 0.3) is 0 Å². The molecule has 0 aliphatic carbocycles. The summed E-state index contributed by atoms with van der Waals surface area (Å²) in [5, 5.41) is 3.64. The fraction of sp³-hybridized carbons (Fsp3) is 0.316. The van der Waals surface area contributed by atoms with E-state index in [1.807, 2.05) is 18.2 Å². The third-order valence-electron chi connectivity index (χ3n) is 4.41. The summed E-state index contributed by atoms with van der Waals surface area (Å²) in [7, 11) is 1.66. The molecule has 4 nitrogen and oxygen atoms in total. The van der Waals surface area contributed by atoms with Crippen molar-refractivity contribution in [1.82, 2.24) is 4.90 Å². The monoisotopic (exact) mass is 378 g/mol. The number of halogens is 2. The molecule has 1 fully saturated rings. The van der Waals surface area contributed by atoms with Gasteiger partial charge in [-0.25, -0.2) is 0 Å². The molecule has 25 heavy (non-hydrogen) atoms. The lowest BCUT2D eigenvalue weighted by atomic mass is 10.0. The van der Waals surface area contributed by atoms with E-state index >= 15 is 0 Å². The SMILES string of the molecule is COc1cccc([C@H]2CCCN2CC(=O)Nc2cccc(Cl)c2Cl)c1. The van der Waals surface area contributed by atoms with Crippen LogP contribution in [-0.2, 0) is 4.79 Å². The highest BCUT2D eigenvalue weighted by atomic mass is 35.5. The average molecular weight is 379 g/mol. The van der Waals surface area contributed by atoms with E-state index in [1.165, 1.54) is 5.56 Å². The van der Waals surface area contributed by atoms with E-state index in [-0.39, 0.29) is 11.9 Å². The van der Waals surface area contributed by atoms with Crippen LogP contribution in [0, 0.1) is 0 Å². The lowest BCUT2D eigenvalue weighted by molar-refractivity contribution is -0.117. The zero-order valence-corrected chi connectivity index (χ0v) is 15.5. The smallest absolute Gasteiger partial charge is 0.238 e. The molecule has 0 bridgehead atoms. The van der Waals surface area contributed by atoms with Crippen molar-refractivity contribution >= 4 is 34.8 Å². The number of methoxy groups -OCH3 is 1. The summed E-state index contributed by atoms with van der Waals surface area (Å²) >= 11 is 12.1. The minimum absolute atomic E-state index is 0.0982. The van der Waals surface area contributed by atoms with Gasteiger partial charge in [0.1, 0.15) is 5.75 Å². The lowest BCUT2D eigenvalue weighted by Gasteiger charge is -2.24. The van der Waals surface area contributed by atoms with Crippen LogP contribution in [-0.4, -0.2) is 31.0 Å². The zero-order valence-electron chi connectivity index (χ0n) is 14.0. The van der Waals surface area contributed by atoms with Crippen LogP contribution < -0.4 is 10.1 Å². The van der Waals surface area contributed by atoms with Crippen LogP contribution in [0.25, 0.3) is 0 Å². The number of likely N-dealkylation sites (tertiary alicyclic amines) is 1. The maximum absolute atomic E-state index is 12.5. The molecule has 6 heteroatoms. The summed E-state index contributed by atoms with van der Waals surface area (Å²) in [4.78, 5) is 14.6. The minimum atomic E-state index is -0.0982. The van der Waals surface area contributed by atoms with Gasteiger partial charge in [-0.2, -0.15) is 0 Å². The Kier molecular flexibility index (Phi) is 5.84. The van der Waals surface area contributed by atoms with Crippen LogP contribution in [0.4, 0.5) is 5.69 Å². The summed E-state index contributed by atoms with van der Waals surface area (Å²) in [5.41, 5.74) is 1.71. The molecule has 132 valence electrons. The Morgan fingerprint density at radius 2 is 2.08 bits per heavy atom. The topological polar surface area (TPSA) is 41.6 Å². The summed E-state index contributed by atoms with van der Waals surface area (Å²) in [6.45, 7) is 1.20. The van der Waals surface area contributed by atoms with Crippen LogP contribution in [0.15, 0.2) is 42.5 Å². The standard InChI is InChI=1S/C19H20Cl2N2O2/c1-25-14-6-2-5-13(11-14)17-9-4-10-23(17)12-18(24)22-16-8-3-7-15(20)19(16)21/h2-3,5-8,11,17H,4,9-10,12H2,1H3,(H,22,24)/t17-/m1/s1. The second-order valence-electron chi connectivity index (χ2n) is 6.05. The van der Waals surface area contributed by atoms with Crippen LogP contribution in [0.5, 0.6) is 5.75 Å². The van der Waals surface area contributed by atoms with E-state index in [0.717, 1.165) is 25.1 Å². The van der Waals surface area contributed by atoms with Gasteiger partial charge in [-0.15, -0.1) is 0 Å². The highest BCUT2D eigenvalue weighted by molar-refractivity contribution is 6.44. The van der Waals surface area contributed by atoms with Crippen molar-refractivity contribution in [1.29, 1.82) is 0 Å². The van der Waals surface area contributed by atoms with Gasteiger partial charge in [0.15, 0.2) is 0 Å². The number of rotatable bonds is 5. The average Bonchev–Trinajstić information content (AvgIpc) is 3.07. The minimum Gasteiger partial charge on any atom is -0.497 e. The third-order valence-corrected chi connectivity index (χ3v) is 5.23. The molecule has 1 aliphatic rings. The number of nitrogens with one attached hydrogen (secondary N) is 1. The number of carbonyl (C=O) groups excluding carboxylic acids is 1. The highest BCUT2D eigenvalue weighted by Crippen LogP contribution is 2.33. The second kappa shape index (κ2) is 8.09. The van der Waals surface area contributed by atoms with Crippen LogP contribution in [0.2, 0.25) is 10.0 Å². The van der Waals surface area contributed by atoms with Gasteiger partial charge in [0.2, 0.25) is 5.91 Å². The summed E-state index contributed by atoms with van der Waals surface area (Å²) in [5.74, 6) is 0.735. The molecular formula is C19H20Cl2N2O2. The maximum atomic E-state index is 12.5. The van der Waals surface area contributed by atoms with Crippen molar-refractivity contribution in [3.05, 3.63) is 58.1 Å². The molecular weight excluding hydrogens is 359 g/mol. The predicted molar refractivity (Wildman–Crippen MR) is 102 cm³/mol. The molecule has 3 rings (SSSR count). The van der Waals surface area contributed by atoms with Crippen LogP contribution in [0.3, 0.4) is 0 Å². The number of nitrogens with zero attached hydrogens (tertiary/aromatic N) is 1. The van der Waals surface area contributed by atoms with E-state index in [9.17, 15) is 4.79 Å². The number of hydrogen-bond acceptors (Lipinski definition) is 3. The molecule has 0 spiro atoms. The lowest BCUT2D eigenvalue weighted by Crippen LogP contribution is -2.33. The molecule has 1 aliphatic heterocycles. The van der Waals surface area contributed by atoms with Gasteiger partial charge in [0.05, 0.1) is 29.4 Å². The molecule has 1 amide bonds. The molecule has 2 aromatic rings. The number of amides is 1. The Morgan fingerprint density at radius 3 is 2.88 bits per heavy atom. The predicted octanol–water partition coefficient (Wildman–Crippen LogP) is 4.78. The Balaban J connectivity index is 1.68. The number of ether oxygens (including phenoxy) is 1. The Morgan fingerprint density at radius 1 is 1.28 bits per heavy atom. The van der Waals surface area contributed by atoms with Crippen LogP contribution >= 0.6 is 23.2 Å². The van der Waals surface area contributed by atoms with E-state index in [1.54, 1.807) is 25.3 Å². The van der Waals surface area contributed by atoms with Crippen molar-refractivity contribution in [3.8, 4) is 5.75 Å². The van der Waals surface area contributed by atoms with Crippen molar-refractivity contribution in [2.45, 2.75) is 18.9 Å². The fourth-order valence-electron chi connectivity index (χ4n) is 3.22. The summed E-state index contributed by atoms with van der Waals surface area (Å²) in [6, 6.07) is 13.4. The fourth-order valence-corrected chi connectivity index (χ4v) is 3.56. The van der Waals surface area contributed by atoms with Crippen molar-refractivity contribution in [2.24, 2.45) is 0 Å². The maximum Gasteiger partial charge on any atom is 0.238 e. The van der Waals surface area contributed by atoms with Crippen molar-refractivity contribution < 1.29 is 9.53 Å². The van der Waals surface area contributed by atoms with E-state index in [4.69, 9.17) is 27.9 Å². The first-order valence-electron chi connectivity index (χ1n) is 8.20. The van der Waals surface area contributed by atoms with Crippen molar-refractivity contribution in [2.75, 3.05) is 25.5 Å². The van der Waals surface area contributed by atoms with Gasteiger partial charge >= 0.3 is 0 Å². The molecule has 1 saturated heterocycles. The second-order valence-corrected chi connectivity index (χ2v) is 6.84. The number of benzene rings is 2. The number of anilines is 1. The molecule has 1 heterocycles. The van der Waals surface area contributed by atoms with Gasteiger partial charge in [-0.05, 0) is 49.2 Å². The summed E-state index contributed by atoms with van der Waals surface area (Å²) < 4.78 is 5.31. The largest absolute Gasteiger partial charge is 0.497 e. The van der Waals surface area contributed by atoms with Crippen molar-refractivity contribution in [3.63, 3.8) is 0 Å². The summed E-state index contributed by atoms with van der Waals surface area (Å²) in [6.07, 6.45) is 2.09. The number of hydrogen-bond donors (Lipinski definition) is 1. The molecule has 1 atom stereocenters. The van der Waals surface area contributed by atoms with E-state index < -0.39 is 0 Å². The number of carbonyl (C=O) groups is 1. The first-order chi connectivity index (χ1) is 12.1. The molecule has 0 unspecified atom stereocenters. The molecule has 0 aromatic heterocycles. The Hall–Kier alpha value is -1.75. The molecule has 0 radical (unpaired) electrons. The quantitative estimate of drug-likeness (QED) is 0.813. The molecule has 1 N–H and O–H groups in total. The van der Waals surface area contributed by atoms with E-state index in [2.05, 4.69) is 16.3 Å². The third kappa shape index (κ3) is 4.27. The Bertz CT molecular complexity index is 767.